The molecule has 20 heavy (non-hydrogen) atoms. The molecule has 2 nitrogen and oxygen atoms in total. The average Bonchev–Trinajstić information content (AvgIpc) is 2.43. The third-order valence-corrected chi connectivity index (χ3v) is 2.75. The molecule has 5 heteroatoms. The van der Waals surface area contributed by atoms with Crippen LogP contribution in [0, 0.1) is 17.5 Å². The Morgan fingerprint density at radius 1 is 0.950 bits per heavy atom. The third-order valence-electron chi connectivity index (χ3n) is 2.75. The van der Waals surface area contributed by atoms with Crippen LogP contribution in [0.2, 0.25) is 0 Å². The molecule has 0 aromatic heterocycles. The summed E-state index contributed by atoms with van der Waals surface area (Å²) in [4.78, 5) is 11.6. The van der Waals surface area contributed by atoms with Gasteiger partial charge in [0.15, 0.2) is 11.6 Å². The summed E-state index contributed by atoms with van der Waals surface area (Å²) in [5, 5.41) is 2.59. The molecule has 0 saturated carbocycles. The van der Waals surface area contributed by atoms with E-state index in [4.69, 9.17) is 0 Å². The summed E-state index contributed by atoms with van der Waals surface area (Å²) in [5.41, 5.74) is 1.03. The normalized spacial score (nSPS) is 10.3. The van der Waals surface area contributed by atoms with Crippen LogP contribution in [0.25, 0.3) is 0 Å². The van der Waals surface area contributed by atoms with Crippen molar-refractivity contribution in [1.29, 1.82) is 0 Å². The Balaban J connectivity index is 1.88. The lowest BCUT2D eigenvalue weighted by Crippen LogP contribution is -2.12. The fourth-order valence-electron chi connectivity index (χ4n) is 1.71. The molecule has 0 aliphatic rings. The summed E-state index contributed by atoms with van der Waals surface area (Å²) in [6, 6.07) is 8.91. The van der Waals surface area contributed by atoms with E-state index < -0.39 is 11.6 Å². The number of hydrogen-bond acceptors (Lipinski definition) is 1. The van der Waals surface area contributed by atoms with E-state index in [2.05, 4.69) is 5.32 Å². The number of amides is 1. The Bertz CT molecular complexity index is 611. The minimum absolute atomic E-state index is 0.127. The highest BCUT2D eigenvalue weighted by atomic mass is 19.2. The summed E-state index contributed by atoms with van der Waals surface area (Å²) in [7, 11) is 0. The standard InChI is InChI=1S/C15H12F3NO/c16-11-3-5-12(6-4-11)19-15(20)8-2-10-1-7-13(17)14(18)9-10/h1,3-7,9H,2,8H2,(H,19,20). The third kappa shape index (κ3) is 3.85. The molecule has 0 aliphatic carbocycles. The van der Waals surface area contributed by atoms with Gasteiger partial charge in [0, 0.05) is 12.1 Å². The summed E-state index contributed by atoms with van der Waals surface area (Å²) >= 11 is 0. The molecule has 0 fully saturated rings. The molecule has 2 aromatic carbocycles. The lowest BCUT2D eigenvalue weighted by Gasteiger charge is -2.05. The molecule has 2 aromatic rings. The zero-order valence-electron chi connectivity index (χ0n) is 10.5. The number of benzene rings is 2. The highest BCUT2D eigenvalue weighted by Gasteiger charge is 2.06. The molecule has 0 aliphatic heterocycles. The molecule has 104 valence electrons. The van der Waals surface area contributed by atoms with Gasteiger partial charge in [-0.15, -0.1) is 0 Å². The first kappa shape index (κ1) is 14.1. The van der Waals surface area contributed by atoms with Gasteiger partial charge in [-0.05, 0) is 48.4 Å². The van der Waals surface area contributed by atoms with E-state index >= 15 is 0 Å². The zero-order chi connectivity index (χ0) is 14.5. The SMILES string of the molecule is O=C(CCc1ccc(F)c(F)c1)Nc1ccc(F)cc1. The number of carbonyl (C=O) groups is 1. The predicted molar refractivity (Wildman–Crippen MR) is 69.7 cm³/mol. The zero-order valence-corrected chi connectivity index (χ0v) is 10.5. The van der Waals surface area contributed by atoms with Gasteiger partial charge in [0.25, 0.3) is 0 Å². The topological polar surface area (TPSA) is 29.1 Å². The predicted octanol–water partition coefficient (Wildman–Crippen LogP) is 3.68. The molecule has 0 heterocycles. The maximum Gasteiger partial charge on any atom is 0.224 e. The molecular formula is C15H12F3NO. The number of halogens is 3. The molecule has 1 amide bonds. The number of rotatable bonds is 4. The van der Waals surface area contributed by atoms with Gasteiger partial charge in [0.2, 0.25) is 5.91 Å². The Hall–Kier alpha value is -2.30. The summed E-state index contributed by atoms with van der Waals surface area (Å²) in [6.45, 7) is 0. The van der Waals surface area contributed by atoms with E-state index in [0.29, 0.717) is 17.7 Å². The van der Waals surface area contributed by atoms with Crippen molar-refractivity contribution >= 4 is 11.6 Å². The summed E-state index contributed by atoms with van der Waals surface area (Å²) in [6.07, 6.45) is 0.423. The largest absolute Gasteiger partial charge is 0.326 e. The molecule has 0 bridgehead atoms. The average molecular weight is 279 g/mol. The van der Waals surface area contributed by atoms with Crippen LogP contribution in [0.4, 0.5) is 18.9 Å². The lowest BCUT2D eigenvalue weighted by atomic mass is 10.1. The van der Waals surface area contributed by atoms with Gasteiger partial charge >= 0.3 is 0 Å². The maximum absolute atomic E-state index is 13.0. The maximum atomic E-state index is 13.0. The van der Waals surface area contributed by atoms with Crippen LogP contribution in [-0.2, 0) is 11.2 Å². The smallest absolute Gasteiger partial charge is 0.224 e. The van der Waals surface area contributed by atoms with Crippen molar-refractivity contribution in [3.63, 3.8) is 0 Å². The Morgan fingerprint density at radius 3 is 2.30 bits per heavy atom. The van der Waals surface area contributed by atoms with Crippen LogP contribution in [0.5, 0.6) is 0 Å². The first-order valence-corrected chi connectivity index (χ1v) is 6.04. The first-order valence-electron chi connectivity index (χ1n) is 6.04. The van der Waals surface area contributed by atoms with Gasteiger partial charge in [-0.1, -0.05) is 6.07 Å². The number of anilines is 1. The minimum atomic E-state index is -0.929. The van der Waals surface area contributed by atoms with Gasteiger partial charge in [0.05, 0.1) is 0 Å². The Labute approximate surface area is 114 Å². The first-order chi connectivity index (χ1) is 9.54. The minimum Gasteiger partial charge on any atom is -0.326 e. The van der Waals surface area contributed by atoms with Crippen molar-refractivity contribution in [2.75, 3.05) is 5.32 Å². The van der Waals surface area contributed by atoms with Crippen LogP contribution in [-0.4, -0.2) is 5.91 Å². The summed E-state index contributed by atoms with van der Waals surface area (Å²) in [5.74, 6) is -2.50. The second-order valence-electron chi connectivity index (χ2n) is 4.30. The van der Waals surface area contributed by atoms with Crippen LogP contribution < -0.4 is 5.32 Å². The monoisotopic (exact) mass is 279 g/mol. The van der Waals surface area contributed by atoms with Gasteiger partial charge in [-0.2, -0.15) is 0 Å². The number of hydrogen-bond donors (Lipinski definition) is 1. The highest BCUT2D eigenvalue weighted by Crippen LogP contribution is 2.12. The summed E-state index contributed by atoms with van der Waals surface area (Å²) < 4.78 is 38.4. The van der Waals surface area contributed by atoms with E-state index in [-0.39, 0.29) is 18.1 Å². The van der Waals surface area contributed by atoms with E-state index in [1.165, 1.54) is 30.3 Å². The molecule has 0 unspecified atom stereocenters. The molecule has 0 atom stereocenters. The Morgan fingerprint density at radius 2 is 1.65 bits per heavy atom. The van der Waals surface area contributed by atoms with Crippen molar-refractivity contribution in [3.05, 3.63) is 65.5 Å². The number of nitrogens with one attached hydrogen (secondary N) is 1. The van der Waals surface area contributed by atoms with Crippen LogP contribution in [0.1, 0.15) is 12.0 Å². The molecule has 2 rings (SSSR count). The second-order valence-corrected chi connectivity index (χ2v) is 4.30. The second kappa shape index (κ2) is 6.23. The molecule has 0 radical (unpaired) electrons. The Kier molecular flexibility index (Phi) is 4.40. The van der Waals surface area contributed by atoms with Crippen molar-refractivity contribution in [1.82, 2.24) is 0 Å². The quantitative estimate of drug-likeness (QED) is 0.909. The van der Waals surface area contributed by atoms with Gasteiger partial charge in [-0.3, -0.25) is 4.79 Å². The van der Waals surface area contributed by atoms with E-state index in [1.807, 2.05) is 0 Å². The molecular weight excluding hydrogens is 267 g/mol. The molecule has 1 N–H and O–H groups in total. The van der Waals surface area contributed by atoms with Gasteiger partial charge in [-0.25, -0.2) is 13.2 Å². The van der Waals surface area contributed by atoms with E-state index in [0.717, 1.165) is 12.1 Å². The van der Waals surface area contributed by atoms with Crippen molar-refractivity contribution in [2.24, 2.45) is 0 Å². The van der Waals surface area contributed by atoms with Crippen LogP contribution in [0.3, 0.4) is 0 Å². The van der Waals surface area contributed by atoms with Crippen molar-refractivity contribution < 1.29 is 18.0 Å². The molecule has 0 saturated heterocycles. The highest BCUT2D eigenvalue weighted by molar-refractivity contribution is 5.90. The van der Waals surface area contributed by atoms with Gasteiger partial charge in [0.1, 0.15) is 5.82 Å². The van der Waals surface area contributed by atoms with Crippen LogP contribution >= 0.6 is 0 Å². The molecule has 0 spiro atoms. The van der Waals surface area contributed by atoms with Crippen molar-refractivity contribution in [3.8, 4) is 0 Å². The fraction of sp³-hybridized carbons (Fsp3) is 0.133. The van der Waals surface area contributed by atoms with Gasteiger partial charge < -0.3 is 5.32 Å². The van der Waals surface area contributed by atoms with E-state index in [1.54, 1.807) is 0 Å². The number of carbonyl (C=O) groups excluding carboxylic acids is 1. The van der Waals surface area contributed by atoms with Crippen molar-refractivity contribution in [2.45, 2.75) is 12.8 Å². The fourth-order valence-corrected chi connectivity index (χ4v) is 1.71. The number of aryl methyl sites for hydroxylation is 1. The lowest BCUT2D eigenvalue weighted by molar-refractivity contribution is -0.116. The van der Waals surface area contributed by atoms with E-state index in [9.17, 15) is 18.0 Å². The van der Waals surface area contributed by atoms with Crippen LogP contribution in [0.15, 0.2) is 42.5 Å².